The van der Waals surface area contributed by atoms with Crippen LogP contribution in [0.1, 0.15) is 16.1 Å². The van der Waals surface area contributed by atoms with Crippen LogP contribution in [0, 0.1) is 6.92 Å². The van der Waals surface area contributed by atoms with Crippen molar-refractivity contribution in [3.05, 3.63) is 76.6 Å². The molecule has 1 amide bonds. The standard InChI is InChI=1S/C23H20N6O2/c1-13-20(12-27(2)26-13)29-21-17-10-15(14-5-4-6-16(9-14)22(24)30)7-8-18(17)25-11-19(21)28(3)23(29)31/h4-12H,1-3H3,(H2,24,30). The molecule has 5 aromatic rings. The summed E-state index contributed by atoms with van der Waals surface area (Å²) in [6.45, 7) is 1.88. The first-order valence-corrected chi connectivity index (χ1v) is 9.76. The fourth-order valence-electron chi connectivity index (χ4n) is 4.06. The number of pyridine rings is 1. The number of imidazole rings is 1. The number of carbonyl (C=O) groups is 1. The van der Waals surface area contributed by atoms with E-state index >= 15 is 0 Å². The van der Waals surface area contributed by atoms with Crippen molar-refractivity contribution < 1.29 is 4.79 Å². The molecule has 8 heteroatoms. The molecule has 154 valence electrons. The average Bonchev–Trinajstić information content (AvgIpc) is 3.22. The van der Waals surface area contributed by atoms with Crippen molar-refractivity contribution in [2.75, 3.05) is 0 Å². The summed E-state index contributed by atoms with van der Waals surface area (Å²) in [5.74, 6) is -0.476. The van der Waals surface area contributed by atoms with Gasteiger partial charge in [0.2, 0.25) is 5.91 Å². The summed E-state index contributed by atoms with van der Waals surface area (Å²) >= 11 is 0. The van der Waals surface area contributed by atoms with Gasteiger partial charge in [-0.25, -0.2) is 4.79 Å². The van der Waals surface area contributed by atoms with Crippen LogP contribution < -0.4 is 11.4 Å². The van der Waals surface area contributed by atoms with Crippen molar-refractivity contribution in [2.24, 2.45) is 19.8 Å². The van der Waals surface area contributed by atoms with Crippen LogP contribution in [0.15, 0.2) is 59.7 Å². The zero-order chi connectivity index (χ0) is 21.9. The Kier molecular flexibility index (Phi) is 4.04. The molecular weight excluding hydrogens is 392 g/mol. The normalized spacial score (nSPS) is 11.5. The molecule has 0 radical (unpaired) electrons. The number of aromatic nitrogens is 5. The van der Waals surface area contributed by atoms with E-state index in [1.54, 1.807) is 45.3 Å². The van der Waals surface area contributed by atoms with E-state index in [9.17, 15) is 9.59 Å². The molecule has 0 fully saturated rings. The predicted octanol–water partition coefficient (Wildman–Crippen LogP) is 2.69. The van der Waals surface area contributed by atoms with E-state index in [2.05, 4.69) is 10.1 Å². The van der Waals surface area contributed by atoms with Gasteiger partial charge in [-0.2, -0.15) is 5.10 Å². The van der Waals surface area contributed by atoms with Crippen LogP contribution in [0.5, 0.6) is 0 Å². The van der Waals surface area contributed by atoms with Crippen LogP contribution in [-0.4, -0.2) is 29.8 Å². The maximum Gasteiger partial charge on any atom is 0.333 e. The van der Waals surface area contributed by atoms with E-state index in [-0.39, 0.29) is 5.69 Å². The molecule has 0 unspecified atom stereocenters. The molecule has 0 aliphatic carbocycles. The molecule has 31 heavy (non-hydrogen) atoms. The van der Waals surface area contributed by atoms with Gasteiger partial charge in [0.05, 0.1) is 34.1 Å². The number of hydrogen-bond acceptors (Lipinski definition) is 4. The predicted molar refractivity (Wildman–Crippen MR) is 119 cm³/mol. The van der Waals surface area contributed by atoms with E-state index in [1.165, 1.54) is 0 Å². The molecule has 3 heterocycles. The maximum atomic E-state index is 13.2. The van der Waals surface area contributed by atoms with Crippen molar-refractivity contribution in [3.8, 4) is 16.8 Å². The second kappa shape index (κ2) is 6.66. The third kappa shape index (κ3) is 2.83. The van der Waals surface area contributed by atoms with Crippen molar-refractivity contribution in [1.82, 2.24) is 23.9 Å². The van der Waals surface area contributed by atoms with Gasteiger partial charge < -0.3 is 5.73 Å². The largest absolute Gasteiger partial charge is 0.366 e. The molecule has 0 bridgehead atoms. The molecule has 3 aromatic heterocycles. The first-order valence-electron chi connectivity index (χ1n) is 9.76. The van der Waals surface area contributed by atoms with Crippen molar-refractivity contribution >= 4 is 27.8 Å². The molecule has 8 nitrogen and oxygen atoms in total. The van der Waals surface area contributed by atoms with Gasteiger partial charge in [-0.15, -0.1) is 0 Å². The average molecular weight is 412 g/mol. The molecule has 0 aliphatic heterocycles. The minimum atomic E-state index is -0.476. The summed E-state index contributed by atoms with van der Waals surface area (Å²) in [6.07, 6.45) is 3.55. The number of benzene rings is 2. The zero-order valence-electron chi connectivity index (χ0n) is 17.3. The molecule has 0 atom stereocenters. The lowest BCUT2D eigenvalue weighted by molar-refractivity contribution is 0.100. The SMILES string of the molecule is Cc1nn(C)cc1-n1c(=O)n(C)c2cnc3ccc(-c4cccc(C(N)=O)c4)cc3c21. The molecule has 0 saturated carbocycles. The molecule has 0 spiro atoms. The first kappa shape index (κ1) is 18.8. The lowest BCUT2D eigenvalue weighted by Gasteiger charge is -2.08. The zero-order valence-corrected chi connectivity index (χ0v) is 17.3. The van der Waals surface area contributed by atoms with E-state index in [1.807, 2.05) is 44.4 Å². The summed E-state index contributed by atoms with van der Waals surface area (Å²) in [5, 5.41) is 5.24. The Bertz CT molecular complexity index is 1570. The Morgan fingerprint density at radius 3 is 2.55 bits per heavy atom. The van der Waals surface area contributed by atoms with E-state index < -0.39 is 5.91 Å². The van der Waals surface area contributed by atoms with E-state index in [4.69, 9.17) is 5.73 Å². The summed E-state index contributed by atoms with van der Waals surface area (Å²) in [7, 11) is 3.57. The number of rotatable bonds is 3. The van der Waals surface area contributed by atoms with Crippen LogP contribution in [0.3, 0.4) is 0 Å². The first-order chi connectivity index (χ1) is 14.8. The second-order valence-electron chi connectivity index (χ2n) is 7.62. The van der Waals surface area contributed by atoms with Crippen LogP contribution >= 0.6 is 0 Å². The number of fused-ring (bicyclic) bond motifs is 3. The van der Waals surface area contributed by atoms with Gasteiger partial charge in [0.1, 0.15) is 0 Å². The number of nitrogens with two attached hydrogens (primary N) is 1. The van der Waals surface area contributed by atoms with Crippen LogP contribution in [0.25, 0.3) is 38.8 Å². The molecular formula is C23H20N6O2. The van der Waals surface area contributed by atoms with Crippen molar-refractivity contribution in [3.63, 3.8) is 0 Å². The minimum Gasteiger partial charge on any atom is -0.366 e. The Hall–Kier alpha value is -4.20. The highest BCUT2D eigenvalue weighted by molar-refractivity contribution is 6.05. The van der Waals surface area contributed by atoms with Gasteiger partial charge in [0.25, 0.3) is 0 Å². The van der Waals surface area contributed by atoms with Gasteiger partial charge >= 0.3 is 5.69 Å². The minimum absolute atomic E-state index is 0.165. The molecule has 2 aromatic carbocycles. The smallest absolute Gasteiger partial charge is 0.333 e. The summed E-state index contributed by atoms with van der Waals surface area (Å²) < 4.78 is 4.97. The number of primary amides is 1. The third-order valence-electron chi connectivity index (χ3n) is 5.59. The van der Waals surface area contributed by atoms with Gasteiger partial charge in [-0.1, -0.05) is 18.2 Å². The fraction of sp³-hybridized carbons (Fsp3) is 0.130. The lowest BCUT2D eigenvalue weighted by atomic mass is 10.0. The van der Waals surface area contributed by atoms with Crippen molar-refractivity contribution in [1.29, 1.82) is 0 Å². The van der Waals surface area contributed by atoms with E-state index in [0.29, 0.717) is 5.56 Å². The van der Waals surface area contributed by atoms with E-state index in [0.717, 1.165) is 44.4 Å². The Morgan fingerprint density at radius 1 is 1.06 bits per heavy atom. The second-order valence-corrected chi connectivity index (χ2v) is 7.62. The highest BCUT2D eigenvalue weighted by atomic mass is 16.2. The van der Waals surface area contributed by atoms with Crippen LogP contribution in [0.2, 0.25) is 0 Å². The Balaban J connectivity index is 1.86. The monoisotopic (exact) mass is 412 g/mol. The third-order valence-corrected chi connectivity index (χ3v) is 5.59. The van der Waals surface area contributed by atoms with Gasteiger partial charge in [0, 0.05) is 31.2 Å². The quantitative estimate of drug-likeness (QED) is 0.492. The highest BCUT2D eigenvalue weighted by Crippen LogP contribution is 2.30. The summed E-state index contributed by atoms with van der Waals surface area (Å²) in [4.78, 5) is 29.3. The van der Waals surface area contributed by atoms with Gasteiger partial charge in [-0.05, 0) is 42.3 Å². The molecule has 0 saturated heterocycles. The Morgan fingerprint density at radius 2 is 1.84 bits per heavy atom. The number of amides is 1. The van der Waals surface area contributed by atoms with Gasteiger partial charge in [-0.3, -0.25) is 23.6 Å². The van der Waals surface area contributed by atoms with Crippen LogP contribution in [0.4, 0.5) is 0 Å². The summed E-state index contributed by atoms with van der Waals surface area (Å²) in [5.41, 5.74) is 11.2. The van der Waals surface area contributed by atoms with Crippen molar-refractivity contribution in [2.45, 2.75) is 6.92 Å². The molecule has 5 rings (SSSR count). The number of carbonyl (C=O) groups excluding carboxylic acids is 1. The Labute approximate surface area is 177 Å². The molecule has 0 aliphatic rings. The van der Waals surface area contributed by atoms with Crippen LogP contribution in [-0.2, 0) is 14.1 Å². The fourth-order valence-corrected chi connectivity index (χ4v) is 4.06. The molecule has 2 N–H and O–H groups in total. The number of hydrogen-bond donors (Lipinski definition) is 1. The lowest BCUT2D eigenvalue weighted by Crippen LogP contribution is -2.21. The highest BCUT2D eigenvalue weighted by Gasteiger charge is 2.19. The number of nitrogens with zero attached hydrogens (tertiary/aromatic N) is 5. The summed E-state index contributed by atoms with van der Waals surface area (Å²) in [6, 6.07) is 13.0. The number of aryl methyl sites for hydroxylation is 3. The van der Waals surface area contributed by atoms with Gasteiger partial charge in [0.15, 0.2) is 0 Å². The maximum absolute atomic E-state index is 13.2. The topological polar surface area (TPSA) is 101 Å².